The average molecular weight is 217 g/mol. The fraction of sp³-hybridized carbons (Fsp3) is 0.400. The van der Waals surface area contributed by atoms with Gasteiger partial charge >= 0.3 is 0 Å². The maximum absolute atomic E-state index is 13.4. The van der Waals surface area contributed by atoms with Crippen molar-refractivity contribution in [3.8, 4) is 0 Å². The zero-order chi connectivity index (χ0) is 10.6. The van der Waals surface area contributed by atoms with Crippen molar-refractivity contribution in [3.05, 3.63) is 34.6 Å². The molecule has 0 aliphatic heterocycles. The van der Waals surface area contributed by atoms with E-state index >= 15 is 0 Å². The Morgan fingerprint density at radius 2 is 2.29 bits per heavy atom. The van der Waals surface area contributed by atoms with Crippen LogP contribution in [-0.4, -0.2) is 13.6 Å². The molecule has 0 saturated carbocycles. The summed E-state index contributed by atoms with van der Waals surface area (Å²) >= 11 is 5.79. The Kier molecular flexibility index (Phi) is 4.32. The van der Waals surface area contributed by atoms with Gasteiger partial charge in [0.1, 0.15) is 5.82 Å². The summed E-state index contributed by atoms with van der Waals surface area (Å²) in [6, 6.07) is 4.47. The van der Waals surface area contributed by atoms with Gasteiger partial charge in [0.2, 0.25) is 0 Å². The molecule has 0 aliphatic carbocycles. The number of nitrogens with two attached hydrogens (primary N) is 1. The summed E-state index contributed by atoms with van der Waals surface area (Å²) in [6.07, 6.45) is 0.688. The first-order valence-electron chi connectivity index (χ1n) is 4.51. The largest absolute Gasteiger partial charge is 0.330 e. The lowest BCUT2D eigenvalue weighted by Crippen LogP contribution is -2.20. The van der Waals surface area contributed by atoms with Gasteiger partial charge in [-0.3, -0.25) is 0 Å². The fourth-order valence-corrected chi connectivity index (χ4v) is 1.58. The molecular formula is C10H14ClFN2. The highest BCUT2D eigenvalue weighted by Crippen LogP contribution is 2.22. The Balaban J connectivity index is 2.96. The quantitative estimate of drug-likeness (QED) is 0.809. The molecule has 0 amide bonds. The topological polar surface area (TPSA) is 38.0 Å². The maximum Gasteiger partial charge on any atom is 0.128 e. The molecule has 0 aromatic heterocycles. The van der Waals surface area contributed by atoms with Gasteiger partial charge in [0.15, 0.2) is 0 Å². The van der Waals surface area contributed by atoms with Crippen LogP contribution in [0.25, 0.3) is 0 Å². The molecule has 0 saturated heterocycles. The van der Waals surface area contributed by atoms with Gasteiger partial charge in [-0.25, -0.2) is 4.39 Å². The summed E-state index contributed by atoms with van der Waals surface area (Å²) < 4.78 is 13.4. The van der Waals surface area contributed by atoms with Crippen molar-refractivity contribution >= 4 is 11.6 Å². The molecule has 1 unspecified atom stereocenters. The molecule has 4 heteroatoms. The minimum absolute atomic E-state index is 0.0706. The van der Waals surface area contributed by atoms with Gasteiger partial charge in [0.25, 0.3) is 0 Å². The van der Waals surface area contributed by atoms with E-state index in [1.165, 1.54) is 12.1 Å². The summed E-state index contributed by atoms with van der Waals surface area (Å²) in [7, 11) is 1.78. The SMILES string of the molecule is CNC(CCN)c1cc(Cl)ccc1F. The normalized spacial score (nSPS) is 12.9. The molecule has 0 spiro atoms. The summed E-state index contributed by atoms with van der Waals surface area (Å²) in [5, 5.41) is 3.55. The van der Waals surface area contributed by atoms with E-state index in [9.17, 15) is 4.39 Å². The van der Waals surface area contributed by atoms with Crippen LogP contribution in [0.5, 0.6) is 0 Å². The van der Waals surface area contributed by atoms with E-state index in [1.807, 2.05) is 0 Å². The van der Waals surface area contributed by atoms with Gasteiger partial charge in [-0.15, -0.1) is 0 Å². The van der Waals surface area contributed by atoms with E-state index in [0.717, 1.165) is 0 Å². The minimum atomic E-state index is -0.248. The standard InChI is InChI=1S/C10H14ClFN2/c1-14-10(4-5-13)8-6-7(11)2-3-9(8)12/h2-3,6,10,14H,4-5,13H2,1H3. The highest BCUT2D eigenvalue weighted by molar-refractivity contribution is 6.30. The minimum Gasteiger partial charge on any atom is -0.330 e. The monoisotopic (exact) mass is 216 g/mol. The van der Waals surface area contributed by atoms with Crippen LogP contribution < -0.4 is 11.1 Å². The third-order valence-corrected chi connectivity index (χ3v) is 2.37. The van der Waals surface area contributed by atoms with Gasteiger partial charge in [0.05, 0.1) is 0 Å². The van der Waals surface area contributed by atoms with Crippen LogP contribution in [0.1, 0.15) is 18.0 Å². The van der Waals surface area contributed by atoms with Gasteiger partial charge in [-0.05, 0) is 38.2 Å². The van der Waals surface area contributed by atoms with Crippen LogP contribution in [0.2, 0.25) is 5.02 Å². The predicted octanol–water partition coefficient (Wildman–Crippen LogP) is 2.09. The second-order valence-electron chi connectivity index (χ2n) is 3.08. The van der Waals surface area contributed by atoms with E-state index < -0.39 is 0 Å². The number of halogens is 2. The number of benzene rings is 1. The first kappa shape index (κ1) is 11.4. The van der Waals surface area contributed by atoms with Crippen molar-refractivity contribution in [2.45, 2.75) is 12.5 Å². The molecule has 3 N–H and O–H groups in total. The molecule has 1 atom stereocenters. The fourth-order valence-electron chi connectivity index (χ4n) is 1.40. The highest BCUT2D eigenvalue weighted by atomic mass is 35.5. The van der Waals surface area contributed by atoms with Crippen LogP contribution in [0.15, 0.2) is 18.2 Å². The number of hydrogen-bond acceptors (Lipinski definition) is 2. The van der Waals surface area contributed by atoms with E-state index in [2.05, 4.69) is 5.32 Å². The van der Waals surface area contributed by atoms with Gasteiger partial charge in [-0.2, -0.15) is 0 Å². The van der Waals surface area contributed by atoms with Crippen molar-refractivity contribution in [1.29, 1.82) is 0 Å². The van der Waals surface area contributed by atoms with E-state index in [4.69, 9.17) is 17.3 Å². The van der Waals surface area contributed by atoms with E-state index in [0.29, 0.717) is 23.6 Å². The molecule has 78 valence electrons. The third kappa shape index (κ3) is 2.67. The molecule has 1 rings (SSSR count). The van der Waals surface area contributed by atoms with Crippen LogP contribution >= 0.6 is 11.6 Å². The van der Waals surface area contributed by atoms with Gasteiger partial charge in [0, 0.05) is 16.6 Å². The lowest BCUT2D eigenvalue weighted by molar-refractivity contribution is 0.514. The zero-order valence-electron chi connectivity index (χ0n) is 8.06. The number of hydrogen-bond donors (Lipinski definition) is 2. The second-order valence-corrected chi connectivity index (χ2v) is 3.52. The van der Waals surface area contributed by atoms with E-state index in [1.54, 1.807) is 13.1 Å². The molecule has 1 aromatic carbocycles. The Morgan fingerprint density at radius 3 is 2.86 bits per heavy atom. The van der Waals surface area contributed by atoms with Crippen molar-refractivity contribution < 1.29 is 4.39 Å². The van der Waals surface area contributed by atoms with Crippen molar-refractivity contribution in [3.63, 3.8) is 0 Å². The van der Waals surface area contributed by atoms with Gasteiger partial charge in [-0.1, -0.05) is 11.6 Å². The Bertz CT molecular complexity index is 304. The summed E-state index contributed by atoms with van der Waals surface area (Å²) in [6.45, 7) is 0.511. The number of rotatable bonds is 4. The summed E-state index contributed by atoms with van der Waals surface area (Å²) in [5.74, 6) is -0.248. The summed E-state index contributed by atoms with van der Waals surface area (Å²) in [4.78, 5) is 0. The lowest BCUT2D eigenvalue weighted by atomic mass is 10.0. The first-order valence-corrected chi connectivity index (χ1v) is 4.89. The smallest absolute Gasteiger partial charge is 0.128 e. The molecule has 14 heavy (non-hydrogen) atoms. The average Bonchev–Trinajstić information content (AvgIpc) is 2.18. The maximum atomic E-state index is 13.4. The Morgan fingerprint density at radius 1 is 1.57 bits per heavy atom. The molecule has 0 heterocycles. The molecule has 0 bridgehead atoms. The third-order valence-electron chi connectivity index (χ3n) is 2.14. The molecule has 1 aromatic rings. The van der Waals surface area contributed by atoms with Crippen molar-refractivity contribution in [2.75, 3.05) is 13.6 Å². The molecule has 0 aliphatic rings. The van der Waals surface area contributed by atoms with Gasteiger partial charge < -0.3 is 11.1 Å². The molecule has 2 nitrogen and oxygen atoms in total. The number of nitrogens with one attached hydrogen (secondary N) is 1. The van der Waals surface area contributed by atoms with Crippen molar-refractivity contribution in [2.24, 2.45) is 5.73 Å². The Hall–Kier alpha value is -0.640. The van der Waals surface area contributed by atoms with Crippen LogP contribution in [0, 0.1) is 5.82 Å². The molecule has 0 fully saturated rings. The Labute approximate surface area is 88.2 Å². The van der Waals surface area contributed by atoms with Crippen LogP contribution in [0.3, 0.4) is 0 Å². The van der Waals surface area contributed by atoms with E-state index in [-0.39, 0.29) is 11.9 Å². The lowest BCUT2D eigenvalue weighted by Gasteiger charge is -2.16. The van der Waals surface area contributed by atoms with Crippen LogP contribution in [-0.2, 0) is 0 Å². The predicted molar refractivity (Wildman–Crippen MR) is 56.9 cm³/mol. The molecule has 0 radical (unpaired) electrons. The van der Waals surface area contributed by atoms with Crippen LogP contribution in [0.4, 0.5) is 4.39 Å². The zero-order valence-corrected chi connectivity index (χ0v) is 8.81. The second kappa shape index (κ2) is 5.29. The highest BCUT2D eigenvalue weighted by Gasteiger charge is 2.13. The first-order chi connectivity index (χ1) is 6.69. The summed E-state index contributed by atoms with van der Waals surface area (Å²) in [5.41, 5.74) is 6.01. The molecular weight excluding hydrogens is 203 g/mol. The van der Waals surface area contributed by atoms with Crippen molar-refractivity contribution in [1.82, 2.24) is 5.32 Å².